The van der Waals surface area contributed by atoms with Gasteiger partial charge in [0, 0.05) is 0 Å². The highest BCUT2D eigenvalue weighted by atomic mass is 19.1. The predicted octanol–water partition coefficient (Wildman–Crippen LogP) is 1.03. The fourth-order valence-electron chi connectivity index (χ4n) is 2.31. The van der Waals surface area contributed by atoms with Crippen molar-refractivity contribution in [3.8, 4) is 0 Å². The van der Waals surface area contributed by atoms with Crippen molar-refractivity contribution in [2.45, 2.75) is 37.4 Å². The molecule has 18 heavy (non-hydrogen) atoms. The van der Waals surface area contributed by atoms with Crippen molar-refractivity contribution >= 4 is 0 Å². The molecule has 0 aliphatic carbocycles. The maximum absolute atomic E-state index is 13.7. The third-order valence-electron chi connectivity index (χ3n) is 3.31. The van der Waals surface area contributed by atoms with Gasteiger partial charge in [-0.15, -0.1) is 0 Å². The van der Waals surface area contributed by atoms with E-state index in [0.29, 0.717) is 6.61 Å². The fourth-order valence-corrected chi connectivity index (χ4v) is 2.31. The van der Waals surface area contributed by atoms with E-state index in [-0.39, 0.29) is 12.7 Å². The van der Waals surface area contributed by atoms with Gasteiger partial charge in [0.1, 0.15) is 18.3 Å². The van der Waals surface area contributed by atoms with E-state index < -0.39 is 24.7 Å². The molecule has 2 aliphatic rings. The largest absolute Gasteiger partial charge is 0.387 e. The summed E-state index contributed by atoms with van der Waals surface area (Å²) in [5.41, 5.74) is 0.973. The first-order valence-corrected chi connectivity index (χ1v) is 6.00. The predicted molar refractivity (Wildman–Crippen MR) is 60.5 cm³/mol. The van der Waals surface area contributed by atoms with Crippen LogP contribution >= 0.6 is 0 Å². The average Bonchev–Trinajstić information content (AvgIpc) is 2.84. The van der Waals surface area contributed by atoms with Gasteiger partial charge in [-0.1, -0.05) is 30.3 Å². The second-order valence-electron chi connectivity index (χ2n) is 4.57. The van der Waals surface area contributed by atoms with Gasteiger partial charge in [0.2, 0.25) is 0 Å². The van der Waals surface area contributed by atoms with Gasteiger partial charge in [-0.05, 0) is 5.56 Å². The topological polar surface area (TPSA) is 47.9 Å². The smallest absolute Gasteiger partial charge is 0.192 e. The molecule has 1 aromatic rings. The molecule has 1 aromatic carbocycles. The summed E-state index contributed by atoms with van der Waals surface area (Å²) in [6.07, 6.45) is -4.76. The number of benzene rings is 1. The minimum absolute atomic E-state index is 0.265. The lowest BCUT2D eigenvalue weighted by atomic mass is 10.0. The molecule has 0 spiro atoms. The highest BCUT2D eigenvalue weighted by Gasteiger charge is 2.51. The van der Waals surface area contributed by atoms with Crippen molar-refractivity contribution < 1.29 is 23.7 Å². The number of aliphatic hydroxyl groups excluding tert-OH is 1. The minimum Gasteiger partial charge on any atom is -0.387 e. The van der Waals surface area contributed by atoms with Crippen LogP contribution in [0.15, 0.2) is 30.3 Å². The normalized spacial score (nSPS) is 38.9. The second kappa shape index (κ2) is 4.93. The Bertz CT molecular complexity index is 399. The zero-order valence-electron chi connectivity index (χ0n) is 9.74. The van der Waals surface area contributed by atoms with Crippen molar-refractivity contribution in [2.75, 3.05) is 6.61 Å². The van der Waals surface area contributed by atoms with Crippen LogP contribution in [0.4, 0.5) is 4.39 Å². The Morgan fingerprint density at radius 3 is 2.89 bits per heavy atom. The van der Waals surface area contributed by atoms with Gasteiger partial charge in [0.15, 0.2) is 12.5 Å². The van der Waals surface area contributed by atoms with Crippen LogP contribution in [0.5, 0.6) is 0 Å². The number of hydrogen-bond acceptors (Lipinski definition) is 4. The van der Waals surface area contributed by atoms with E-state index in [1.54, 1.807) is 0 Å². The quantitative estimate of drug-likeness (QED) is 0.875. The molecular weight excluding hydrogens is 239 g/mol. The molecule has 98 valence electrons. The SMILES string of the molecule is O[C@@H]1[C@@H](F)[C@@H]2OC[C@@H](O2)[C@@H]1OCc1ccccc1. The van der Waals surface area contributed by atoms with Crippen molar-refractivity contribution in [3.05, 3.63) is 35.9 Å². The van der Waals surface area contributed by atoms with E-state index in [1.807, 2.05) is 30.3 Å². The molecule has 1 N–H and O–H groups in total. The third kappa shape index (κ3) is 2.14. The molecule has 0 aromatic heterocycles. The Hall–Kier alpha value is -1.01. The maximum Gasteiger partial charge on any atom is 0.192 e. The number of ether oxygens (including phenoxy) is 3. The van der Waals surface area contributed by atoms with E-state index in [1.165, 1.54) is 0 Å². The van der Waals surface area contributed by atoms with Gasteiger partial charge < -0.3 is 19.3 Å². The summed E-state index contributed by atoms with van der Waals surface area (Å²) in [7, 11) is 0. The maximum atomic E-state index is 13.7. The van der Waals surface area contributed by atoms with E-state index in [4.69, 9.17) is 14.2 Å². The summed E-state index contributed by atoms with van der Waals surface area (Å²) in [5.74, 6) is 0. The summed E-state index contributed by atoms with van der Waals surface area (Å²) in [4.78, 5) is 0. The molecule has 2 fully saturated rings. The monoisotopic (exact) mass is 254 g/mol. The summed E-state index contributed by atoms with van der Waals surface area (Å²) in [6, 6.07) is 9.54. The molecule has 3 rings (SSSR count). The Morgan fingerprint density at radius 1 is 1.33 bits per heavy atom. The second-order valence-corrected chi connectivity index (χ2v) is 4.57. The van der Waals surface area contributed by atoms with Crippen LogP contribution < -0.4 is 0 Å². The van der Waals surface area contributed by atoms with Gasteiger partial charge in [0.25, 0.3) is 0 Å². The van der Waals surface area contributed by atoms with E-state index in [0.717, 1.165) is 5.56 Å². The number of alkyl halides is 1. The Labute approximate surface area is 104 Å². The molecule has 2 saturated heterocycles. The van der Waals surface area contributed by atoms with Crippen molar-refractivity contribution in [1.29, 1.82) is 0 Å². The Kier molecular flexibility index (Phi) is 3.30. The number of fused-ring (bicyclic) bond motifs is 2. The highest BCUT2D eigenvalue weighted by Crippen LogP contribution is 2.32. The van der Waals surface area contributed by atoms with Crippen molar-refractivity contribution in [1.82, 2.24) is 0 Å². The molecule has 4 nitrogen and oxygen atoms in total. The summed E-state index contributed by atoms with van der Waals surface area (Å²) < 4.78 is 29.7. The standard InChI is InChI=1S/C13H15FO4/c14-10-11(15)12(9-7-17-13(10)18-9)16-6-8-4-2-1-3-5-8/h1-5,9-13,15H,6-7H2/t9-,10-,11-,12+,13-/m1/s1. The van der Waals surface area contributed by atoms with Crippen molar-refractivity contribution in [2.24, 2.45) is 0 Å². The zero-order chi connectivity index (χ0) is 12.5. The Balaban J connectivity index is 1.65. The van der Waals surface area contributed by atoms with Crippen molar-refractivity contribution in [3.63, 3.8) is 0 Å². The molecule has 2 heterocycles. The van der Waals surface area contributed by atoms with Crippen LogP contribution in [0.2, 0.25) is 0 Å². The first-order chi connectivity index (χ1) is 8.75. The van der Waals surface area contributed by atoms with Gasteiger partial charge >= 0.3 is 0 Å². The van der Waals surface area contributed by atoms with Crippen LogP contribution in [0, 0.1) is 0 Å². The van der Waals surface area contributed by atoms with Crippen LogP contribution in [0.1, 0.15) is 5.56 Å². The van der Waals surface area contributed by atoms with E-state index in [9.17, 15) is 9.50 Å². The molecule has 0 unspecified atom stereocenters. The van der Waals surface area contributed by atoms with Crippen LogP contribution in [0.25, 0.3) is 0 Å². The van der Waals surface area contributed by atoms with Crippen LogP contribution in [-0.2, 0) is 20.8 Å². The summed E-state index contributed by atoms with van der Waals surface area (Å²) in [6.45, 7) is 0.585. The van der Waals surface area contributed by atoms with Gasteiger partial charge in [-0.3, -0.25) is 0 Å². The molecular formula is C13H15FO4. The number of aliphatic hydroxyl groups is 1. The molecule has 0 radical (unpaired) electrons. The summed E-state index contributed by atoms with van der Waals surface area (Å²) >= 11 is 0. The third-order valence-corrected chi connectivity index (χ3v) is 3.31. The number of hydrogen-bond donors (Lipinski definition) is 1. The van der Waals surface area contributed by atoms with Gasteiger partial charge in [-0.2, -0.15) is 0 Å². The minimum atomic E-state index is -1.55. The molecule has 2 bridgehead atoms. The molecule has 0 amide bonds. The average molecular weight is 254 g/mol. The molecule has 5 atom stereocenters. The molecule has 2 aliphatic heterocycles. The number of rotatable bonds is 3. The highest BCUT2D eigenvalue weighted by molar-refractivity contribution is 5.13. The fraction of sp³-hybridized carbons (Fsp3) is 0.538. The van der Waals surface area contributed by atoms with E-state index >= 15 is 0 Å². The lowest BCUT2D eigenvalue weighted by molar-refractivity contribution is -0.221. The first-order valence-electron chi connectivity index (χ1n) is 6.00. The van der Waals surface area contributed by atoms with Gasteiger partial charge in [0.05, 0.1) is 13.2 Å². The lowest BCUT2D eigenvalue weighted by Crippen LogP contribution is -2.53. The molecule has 0 saturated carbocycles. The zero-order valence-corrected chi connectivity index (χ0v) is 9.74. The first kappa shape index (κ1) is 12.0. The summed E-state index contributed by atoms with van der Waals surface area (Å²) in [5, 5.41) is 9.84. The van der Waals surface area contributed by atoms with Gasteiger partial charge in [-0.25, -0.2) is 4.39 Å². The molecule has 5 heteroatoms. The van der Waals surface area contributed by atoms with Crippen LogP contribution in [0.3, 0.4) is 0 Å². The Morgan fingerprint density at radius 2 is 2.11 bits per heavy atom. The number of halogens is 1. The van der Waals surface area contributed by atoms with E-state index in [2.05, 4.69) is 0 Å². The van der Waals surface area contributed by atoms with Crippen LogP contribution in [-0.4, -0.2) is 42.5 Å². The lowest BCUT2D eigenvalue weighted by Gasteiger charge is -2.34.